The molecule has 1 aromatic heterocycles. The molecule has 6 aromatic rings. The zero-order valence-electron chi connectivity index (χ0n) is 20.1. The summed E-state index contributed by atoms with van der Waals surface area (Å²) in [5.74, 6) is 0.723. The van der Waals surface area contributed by atoms with Crippen LogP contribution >= 0.6 is 15.9 Å². The lowest BCUT2D eigenvalue weighted by molar-refractivity contribution is 1.18. The molecular weight excluding hydrogens is 516 g/mol. The maximum atomic E-state index is 4.98. The second-order valence-electron chi connectivity index (χ2n) is 8.86. The van der Waals surface area contributed by atoms with Crippen molar-refractivity contribution in [3.63, 3.8) is 0 Å². The van der Waals surface area contributed by atoms with Crippen LogP contribution in [-0.4, -0.2) is 9.97 Å². The van der Waals surface area contributed by atoms with Crippen LogP contribution in [0.3, 0.4) is 0 Å². The van der Waals surface area contributed by atoms with E-state index in [9.17, 15) is 0 Å². The highest BCUT2D eigenvalue weighted by atomic mass is 79.9. The van der Waals surface area contributed by atoms with Crippen molar-refractivity contribution in [2.45, 2.75) is 0 Å². The fraction of sp³-hybridized carbons (Fsp3) is 0. The first-order valence-electron chi connectivity index (χ1n) is 12.2. The second kappa shape index (κ2) is 10.3. The van der Waals surface area contributed by atoms with Crippen molar-refractivity contribution >= 4 is 15.9 Å². The van der Waals surface area contributed by atoms with Crippen LogP contribution in [0.5, 0.6) is 0 Å². The summed E-state index contributed by atoms with van der Waals surface area (Å²) in [6.07, 6.45) is 0. The number of aromatic nitrogens is 2. The second-order valence-corrected chi connectivity index (χ2v) is 9.77. The molecule has 5 aromatic carbocycles. The summed E-state index contributed by atoms with van der Waals surface area (Å²) in [4.78, 5) is 9.89. The summed E-state index contributed by atoms with van der Waals surface area (Å²) < 4.78 is 1.08. The molecule has 37 heavy (non-hydrogen) atoms. The maximum Gasteiger partial charge on any atom is 0.160 e. The Kier molecular flexibility index (Phi) is 6.45. The minimum absolute atomic E-state index is 0.723. The SMILES string of the molecule is Brc1ccc(-c2ccc(-c3cccc(-c4cc(-c5ccccc5)nc(-c5ccccc5)n4)c3)cc2)cc1. The van der Waals surface area contributed by atoms with Crippen molar-refractivity contribution in [2.75, 3.05) is 0 Å². The van der Waals surface area contributed by atoms with E-state index in [1.54, 1.807) is 0 Å². The van der Waals surface area contributed by atoms with Crippen molar-refractivity contribution in [1.82, 2.24) is 9.97 Å². The monoisotopic (exact) mass is 538 g/mol. The standard InChI is InChI=1S/C34H23BrN2/c35-31-20-18-25(19-21-31)24-14-16-26(17-15-24)29-12-7-13-30(22-29)33-23-32(27-8-3-1-4-9-27)36-34(37-33)28-10-5-2-6-11-28/h1-23H. The molecule has 3 heteroatoms. The van der Waals surface area contributed by atoms with E-state index in [0.717, 1.165) is 43.9 Å². The van der Waals surface area contributed by atoms with E-state index in [4.69, 9.17) is 9.97 Å². The first kappa shape index (κ1) is 23.1. The number of hydrogen-bond acceptors (Lipinski definition) is 2. The zero-order valence-corrected chi connectivity index (χ0v) is 21.6. The van der Waals surface area contributed by atoms with E-state index >= 15 is 0 Å². The summed E-state index contributed by atoms with van der Waals surface area (Å²) in [6.45, 7) is 0. The van der Waals surface area contributed by atoms with Crippen LogP contribution < -0.4 is 0 Å². The van der Waals surface area contributed by atoms with E-state index < -0.39 is 0 Å². The van der Waals surface area contributed by atoms with Gasteiger partial charge in [-0.05, 0) is 46.5 Å². The minimum atomic E-state index is 0.723. The Morgan fingerprint density at radius 2 is 0.811 bits per heavy atom. The Hall–Kier alpha value is -4.34. The van der Waals surface area contributed by atoms with Crippen LogP contribution in [0.2, 0.25) is 0 Å². The Labute approximate surface area is 225 Å². The molecule has 0 atom stereocenters. The van der Waals surface area contributed by atoms with Crippen LogP contribution in [0.4, 0.5) is 0 Å². The molecule has 0 aliphatic carbocycles. The average Bonchev–Trinajstić information content (AvgIpc) is 2.98. The molecule has 176 valence electrons. The van der Waals surface area contributed by atoms with Gasteiger partial charge in [-0.2, -0.15) is 0 Å². The predicted octanol–water partition coefficient (Wildman–Crippen LogP) is 9.57. The van der Waals surface area contributed by atoms with Gasteiger partial charge in [-0.3, -0.25) is 0 Å². The van der Waals surface area contributed by atoms with Crippen molar-refractivity contribution in [3.05, 3.63) is 144 Å². The van der Waals surface area contributed by atoms with Crippen molar-refractivity contribution in [2.24, 2.45) is 0 Å². The van der Waals surface area contributed by atoms with Crippen LogP contribution in [-0.2, 0) is 0 Å². The van der Waals surface area contributed by atoms with Gasteiger partial charge in [0.15, 0.2) is 5.82 Å². The molecule has 0 saturated carbocycles. The summed E-state index contributed by atoms with van der Waals surface area (Å²) in [6, 6.07) is 48.2. The van der Waals surface area contributed by atoms with E-state index in [-0.39, 0.29) is 0 Å². The third kappa shape index (κ3) is 5.13. The van der Waals surface area contributed by atoms with Gasteiger partial charge in [-0.15, -0.1) is 0 Å². The molecule has 0 radical (unpaired) electrons. The van der Waals surface area contributed by atoms with Gasteiger partial charge in [0.2, 0.25) is 0 Å². The summed E-state index contributed by atoms with van der Waals surface area (Å²) in [7, 11) is 0. The zero-order chi connectivity index (χ0) is 25.0. The van der Waals surface area contributed by atoms with Crippen molar-refractivity contribution < 1.29 is 0 Å². The Morgan fingerprint density at radius 1 is 0.351 bits per heavy atom. The molecule has 0 unspecified atom stereocenters. The van der Waals surface area contributed by atoms with E-state index in [1.807, 2.05) is 36.4 Å². The van der Waals surface area contributed by atoms with Crippen molar-refractivity contribution in [1.29, 1.82) is 0 Å². The third-order valence-corrected chi connectivity index (χ3v) is 6.91. The lowest BCUT2D eigenvalue weighted by Gasteiger charge is -2.11. The minimum Gasteiger partial charge on any atom is -0.228 e. The Bertz CT molecular complexity index is 1590. The largest absolute Gasteiger partial charge is 0.228 e. The summed E-state index contributed by atoms with van der Waals surface area (Å²) in [5.41, 5.74) is 9.67. The van der Waals surface area contributed by atoms with Crippen LogP contribution in [0, 0.1) is 0 Å². The quantitative estimate of drug-likeness (QED) is 0.218. The molecule has 0 saturated heterocycles. The van der Waals surface area contributed by atoms with E-state index in [0.29, 0.717) is 0 Å². The number of nitrogens with zero attached hydrogens (tertiary/aromatic N) is 2. The molecular formula is C34H23BrN2. The number of hydrogen-bond donors (Lipinski definition) is 0. The van der Waals surface area contributed by atoms with Gasteiger partial charge >= 0.3 is 0 Å². The normalized spacial score (nSPS) is 10.8. The maximum absolute atomic E-state index is 4.98. The molecule has 0 aliphatic rings. The van der Waals surface area contributed by atoms with Gasteiger partial charge in [0.05, 0.1) is 11.4 Å². The van der Waals surface area contributed by atoms with Gasteiger partial charge in [0.1, 0.15) is 0 Å². The molecule has 0 aliphatic heterocycles. The highest BCUT2D eigenvalue weighted by Crippen LogP contribution is 2.31. The van der Waals surface area contributed by atoms with Crippen LogP contribution in [0.15, 0.2) is 144 Å². The summed E-state index contributed by atoms with van der Waals surface area (Å²) >= 11 is 3.51. The topological polar surface area (TPSA) is 25.8 Å². The average molecular weight is 539 g/mol. The number of halogens is 1. The molecule has 0 amide bonds. The fourth-order valence-electron chi connectivity index (χ4n) is 4.42. The molecule has 1 heterocycles. The third-order valence-electron chi connectivity index (χ3n) is 6.38. The van der Waals surface area contributed by atoms with Crippen LogP contribution in [0.1, 0.15) is 0 Å². The van der Waals surface area contributed by atoms with Crippen molar-refractivity contribution in [3.8, 4) is 56.2 Å². The lowest BCUT2D eigenvalue weighted by atomic mass is 9.98. The van der Waals surface area contributed by atoms with Gasteiger partial charge in [0, 0.05) is 21.2 Å². The van der Waals surface area contributed by atoms with E-state index in [2.05, 4.69) is 119 Å². The fourth-order valence-corrected chi connectivity index (χ4v) is 4.69. The summed E-state index contributed by atoms with van der Waals surface area (Å²) in [5, 5.41) is 0. The predicted molar refractivity (Wildman–Crippen MR) is 157 cm³/mol. The number of rotatable bonds is 5. The smallest absolute Gasteiger partial charge is 0.160 e. The Morgan fingerprint density at radius 3 is 1.43 bits per heavy atom. The molecule has 2 nitrogen and oxygen atoms in total. The van der Waals surface area contributed by atoms with E-state index in [1.165, 1.54) is 16.7 Å². The molecule has 0 spiro atoms. The van der Waals surface area contributed by atoms with Gasteiger partial charge in [-0.1, -0.05) is 131 Å². The first-order valence-corrected chi connectivity index (χ1v) is 13.0. The molecule has 0 N–H and O–H groups in total. The first-order chi connectivity index (χ1) is 18.2. The molecule has 0 bridgehead atoms. The Balaban J connectivity index is 1.39. The molecule has 6 rings (SSSR count). The highest BCUT2D eigenvalue weighted by molar-refractivity contribution is 9.10. The van der Waals surface area contributed by atoms with Gasteiger partial charge in [0.25, 0.3) is 0 Å². The number of benzene rings is 5. The highest BCUT2D eigenvalue weighted by Gasteiger charge is 2.11. The lowest BCUT2D eigenvalue weighted by Crippen LogP contribution is -1.96. The van der Waals surface area contributed by atoms with Crippen LogP contribution in [0.25, 0.3) is 56.2 Å². The molecule has 0 fully saturated rings. The van der Waals surface area contributed by atoms with Gasteiger partial charge in [-0.25, -0.2) is 9.97 Å². The van der Waals surface area contributed by atoms with Gasteiger partial charge < -0.3 is 0 Å².